The zero-order valence-corrected chi connectivity index (χ0v) is 15.1. The first-order chi connectivity index (χ1) is 12.6. The number of hydrogen-bond donors (Lipinski definition) is 2. The molecule has 1 fully saturated rings. The molecule has 3 N–H and O–H groups in total. The summed E-state index contributed by atoms with van der Waals surface area (Å²) >= 11 is 4.65. The summed E-state index contributed by atoms with van der Waals surface area (Å²) in [5, 5.41) is 3.83. The van der Waals surface area contributed by atoms with Crippen molar-refractivity contribution in [3.05, 3.63) is 59.7 Å². The van der Waals surface area contributed by atoms with Crippen molar-refractivity contribution in [1.82, 2.24) is 15.3 Å². The number of aromatic nitrogens is 1. The molecule has 1 aliphatic heterocycles. The Morgan fingerprint density at radius 3 is 2.73 bits per heavy atom. The molecule has 136 valence electrons. The summed E-state index contributed by atoms with van der Waals surface area (Å²) in [7, 11) is 0. The minimum atomic E-state index is -0.327. The van der Waals surface area contributed by atoms with Gasteiger partial charge in [-0.05, 0) is 42.5 Å². The number of nitrogens with zero attached hydrogens (tertiary/aromatic N) is 4. The van der Waals surface area contributed by atoms with Gasteiger partial charge in [0.1, 0.15) is 5.82 Å². The first-order valence-electron chi connectivity index (χ1n) is 8.37. The molecule has 0 bridgehead atoms. The maximum Gasteiger partial charge on any atom is 0.184 e. The van der Waals surface area contributed by atoms with Crippen molar-refractivity contribution in [2.45, 2.75) is 6.54 Å². The summed E-state index contributed by atoms with van der Waals surface area (Å²) in [6.07, 6.45) is 3.18. The van der Waals surface area contributed by atoms with Crippen molar-refractivity contribution < 1.29 is 4.39 Å². The van der Waals surface area contributed by atoms with Crippen molar-refractivity contribution in [3.8, 4) is 0 Å². The van der Waals surface area contributed by atoms with Gasteiger partial charge in [0.2, 0.25) is 0 Å². The zero-order chi connectivity index (χ0) is 18.4. The third-order valence-corrected chi connectivity index (χ3v) is 4.30. The van der Waals surface area contributed by atoms with Crippen molar-refractivity contribution in [1.29, 1.82) is 0 Å². The number of nitrogens with one attached hydrogen (secondary N) is 1. The van der Waals surface area contributed by atoms with Crippen molar-refractivity contribution >= 4 is 29.2 Å². The number of thiocarbonyl (C=S) groups is 1. The predicted octanol–water partition coefficient (Wildman–Crippen LogP) is 1.71. The second kappa shape index (κ2) is 8.68. The molecular weight excluding hydrogens is 351 g/mol. The molecule has 1 saturated heterocycles. The molecule has 2 heterocycles. The van der Waals surface area contributed by atoms with Crippen LogP contribution in [0.5, 0.6) is 0 Å². The van der Waals surface area contributed by atoms with Gasteiger partial charge in [0.05, 0.1) is 11.9 Å². The lowest BCUT2D eigenvalue weighted by Crippen LogP contribution is -2.46. The van der Waals surface area contributed by atoms with Crippen LogP contribution in [-0.2, 0) is 6.54 Å². The van der Waals surface area contributed by atoms with Gasteiger partial charge in [-0.1, -0.05) is 6.07 Å². The summed E-state index contributed by atoms with van der Waals surface area (Å²) in [6, 6.07) is 11.1. The number of benzene rings is 1. The van der Waals surface area contributed by atoms with Crippen LogP contribution < -0.4 is 16.1 Å². The number of halogens is 1. The van der Waals surface area contributed by atoms with E-state index in [0.717, 1.165) is 44.1 Å². The molecule has 1 aliphatic rings. The van der Waals surface area contributed by atoms with Crippen LogP contribution in [0.15, 0.2) is 47.7 Å². The minimum Gasteiger partial charge on any atom is -0.375 e. The largest absolute Gasteiger partial charge is 0.375 e. The van der Waals surface area contributed by atoms with E-state index in [0.29, 0.717) is 5.56 Å². The number of pyridine rings is 1. The van der Waals surface area contributed by atoms with Gasteiger partial charge in [0.15, 0.2) is 5.11 Å². The average Bonchev–Trinajstić information content (AvgIpc) is 2.64. The normalized spacial score (nSPS) is 15.3. The Hall–Kier alpha value is -2.58. The fourth-order valence-corrected chi connectivity index (χ4v) is 2.92. The standard InChI is InChI=1S/C18H21FN6S/c19-17-11-16(5-4-14(17)12-22-23-18(20)26)25-9-7-24(8-10-25)13-15-3-1-2-6-21-15/h1-6,11-12H,7-10,13H2,(H3,20,23,26). The Bertz CT molecular complexity index is 775. The molecule has 3 rings (SSSR count). The molecule has 0 saturated carbocycles. The Balaban J connectivity index is 1.56. The molecule has 0 spiro atoms. The van der Waals surface area contributed by atoms with Crippen LogP contribution in [0.3, 0.4) is 0 Å². The van der Waals surface area contributed by atoms with Crippen LogP contribution in [0, 0.1) is 5.82 Å². The highest BCUT2D eigenvalue weighted by Gasteiger charge is 2.18. The number of hydrazone groups is 1. The van der Waals surface area contributed by atoms with Crippen LogP contribution in [0.2, 0.25) is 0 Å². The first-order valence-corrected chi connectivity index (χ1v) is 8.78. The van der Waals surface area contributed by atoms with Crippen LogP contribution in [-0.4, -0.2) is 47.4 Å². The molecule has 1 aromatic carbocycles. The fraction of sp³-hybridized carbons (Fsp3) is 0.278. The van der Waals surface area contributed by atoms with E-state index in [1.807, 2.05) is 30.5 Å². The second-order valence-electron chi connectivity index (χ2n) is 6.02. The summed E-state index contributed by atoms with van der Waals surface area (Å²) in [6.45, 7) is 4.37. The van der Waals surface area contributed by atoms with Gasteiger partial charge < -0.3 is 10.6 Å². The van der Waals surface area contributed by atoms with Gasteiger partial charge >= 0.3 is 0 Å². The van der Waals surface area contributed by atoms with Gasteiger partial charge in [-0.15, -0.1) is 0 Å². The van der Waals surface area contributed by atoms with Crippen molar-refractivity contribution in [3.63, 3.8) is 0 Å². The Kier molecular flexibility index (Phi) is 6.08. The van der Waals surface area contributed by atoms with Gasteiger partial charge in [-0.3, -0.25) is 15.3 Å². The fourth-order valence-electron chi connectivity index (χ4n) is 2.87. The SMILES string of the molecule is NC(=S)NN=Cc1ccc(N2CCN(Cc3ccccn3)CC2)cc1F. The monoisotopic (exact) mass is 372 g/mol. The predicted molar refractivity (Wildman–Crippen MR) is 106 cm³/mol. The molecule has 0 unspecified atom stereocenters. The Labute approximate surface area is 157 Å². The molecule has 0 amide bonds. The summed E-state index contributed by atoms with van der Waals surface area (Å²) in [5.74, 6) is -0.327. The first kappa shape index (κ1) is 18.2. The lowest BCUT2D eigenvalue weighted by molar-refractivity contribution is 0.247. The van der Waals surface area contributed by atoms with Crippen molar-refractivity contribution in [2.75, 3.05) is 31.1 Å². The zero-order valence-electron chi connectivity index (χ0n) is 14.3. The topological polar surface area (TPSA) is 69.8 Å². The molecule has 1 aromatic heterocycles. The third kappa shape index (κ3) is 4.96. The van der Waals surface area contributed by atoms with Crippen LogP contribution in [0.1, 0.15) is 11.3 Å². The van der Waals surface area contributed by atoms with E-state index in [4.69, 9.17) is 5.73 Å². The van der Waals surface area contributed by atoms with E-state index in [-0.39, 0.29) is 10.9 Å². The van der Waals surface area contributed by atoms with Crippen LogP contribution >= 0.6 is 12.2 Å². The average molecular weight is 372 g/mol. The van der Waals surface area contributed by atoms with E-state index in [2.05, 4.69) is 37.5 Å². The Morgan fingerprint density at radius 2 is 2.08 bits per heavy atom. The lowest BCUT2D eigenvalue weighted by Gasteiger charge is -2.36. The van der Waals surface area contributed by atoms with E-state index < -0.39 is 0 Å². The molecular formula is C18H21FN6S. The maximum absolute atomic E-state index is 14.3. The minimum absolute atomic E-state index is 0.0434. The summed E-state index contributed by atoms with van der Waals surface area (Å²) in [5.41, 5.74) is 10.0. The number of piperazine rings is 1. The number of hydrogen-bond acceptors (Lipinski definition) is 5. The highest BCUT2D eigenvalue weighted by molar-refractivity contribution is 7.80. The van der Waals surface area contributed by atoms with Crippen LogP contribution in [0.25, 0.3) is 0 Å². The van der Waals surface area contributed by atoms with E-state index in [9.17, 15) is 4.39 Å². The summed E-state index contributed by atoms with van der Waals surface area (Å²) < 4.78 is 14.3. The lowest BCUT2D eigenvalue weighted by atomic mass is 10.1. The molecule has 26 heavy (non-hydrogen) atoms. The maximum atomic E-state index is 14.3. The van der Waals surface area contributed by atoms with Crippen molar-refractivity contribution in [2.24, 2.45) is 10.8 Å². The molecule has 0 aliphatic carbocycles. The van der Waals surface area contributed by atoms with E-state index in [1.54, 1.807) is 6.07 Å². The summed E-state index contributed by atoms with van der Waals surface area (Å²) in [4.78, 5) is 8.91. The second-order valence-corrected chi connectivity index (χ2v) is 6.46. The quantitative estimate of drug-likeness (QED) is 0.473. The molecule has 0 atom stereocenters. The molecule has 0 radical (unpaired) electrons. The smallest absolute Gasteiger partial charge is 0.184 e. The van der Waals surface area contributed by atoms with Crippen LogP contribution in [0.4, 0.5) is 10.1 Å². The molecule has 6 nitrogen and oxygen atoms in total. The highest BCUT2D eigenvalue weighted by atomic mass is 32.1. The number of rotatable bonds is 5. The number of anilines is 1. The van der Waals surface area contributed by atoms with Gasteiger partial charge in [-0.2, -0.15) is 5.10 Å². The molecule has 2 aromatic rings. The highest BCUT2D eigenvalue weighted by Crippen LogP contribution is 2.20. The van der Waals surface area contributed by atoms with E-state index >= 15 is 0 Å². The van der Waals surface area contributed by atoms with E-state index in [1.165, 1.54) is 12.3 Å². The molecule has 8 heteroatoms. The van der Waals surface area contributed by atoms with Gasteiger partial charge in [0.25, 0.3) is 0 Å². The number of nitrogens with two attached hydrogens (primary N) is 1. The Morgan fingerprint density at radius 1 is 1.27 bits per heavy atom. The van der Waals surface area contributed by atoms with Gasteiger partial charge in [0, 0.05) is 50.2 Å². The van der Waals surface area contributed by atoms with Gasteiger partial charge in [-0.25, -0.2) is 4.39 Å². The third-order valence-electron chi connectivity index (χ3n) is 4.21.